The molecule has 0 fully saturated rings. The lowest BCUT2D eigenvalue weighted by atomic mass is 9.83. The zero-order valence-electron chi connectivity index (χ0n) is 9.78. The van der Waals surface area contributed by atoms with Crippen LogP contribution in [0.5, 0.6) is 0 Å². The van der Waals surface area contributed by atoms with Crippen molar-refractivity contribution >= 4 is 11.8 Å². The number of halogens is 3. The maximum absolute atomic E-state index is 12.8. The highest BCUT2D eigenvalue weighted by atomic mass is 32.2. The van der Waals surface area contributed by atoms with Crippen LogP contribution in [0.2, 0.25) is 0 Å². The maximum Gasteiger partial charge on any atom is 0.449 e. The fraction of sp³-hybridized carbons (Fsp3) is 0.818. The minimum Gasteiger partial charge on any atom is -0.487 e. The molecule has 0 bridgehead atoms. The lowest BCUT2D eigenvalue weighted by Gasteiger charge is -2.34. The molecule has 5 heteroatoms. The predicted octanol–water partition coefficient (Wildman–Crippen LogP) is 4.35. The van der Waals surface area contributed by atoms with E-state index in [1.807, 2.05) is 20.8 Å². The predicted molar refractivity (Wildman–Crippen MR) is 60.2 cm³/mol. The molecule has 0 aromatic carbocycles. The molecule has 0 spiro atoms. The second kappa shape index (κ2) is 4.90. The smallest absolute Gasteiger partial charge is 0.449 e. The van der Waals surface area contributed by atoms with Gasteiger partial charge in [-0.15, -0.1) is 11.8 Å². The first kappa shape index (κ1) is 13.7. The summed E-state index contributed by atoms with van der Waals surface area (Å²) < 4.78 is 43.2. The van der Waals surface area contributed by atoms with Gasteiger partial charge >= 0.3 is 6.18 Å². The van der Waals surface area contributed by atoms with E-state index in [9.17, 15) is 13.2 Å². The number of ether oxygens (including phenoxy) is 1. The van der Waals surface area contributed by atoms with Crippen molar-refractivity contribution < 1.29 is 17.9 Å². The Hall–Kier alpha value is -0.320. The summed E-state index contributed by atoms with van der Waals surface area (Å²) in [6.07, 6.45) is -2.99. The van der Waals surface area contributed by atoms with Crippen molar-refractivity contribution in [3.63, 3.8) is 0 Å². The highest BCUT2D eigenvalue weighted by Gasteiger charge is 2.44. The topological polar surface area (TPSA) is 9.23 Å². The van der Waals surface area contributed by atoms with E-state index in [1.165, 1.54) is 11.8 Å². The summed E-state index contributed by atoms with van der Waals surface area (Å²) in [5.74, 6) is -0.167. The summed E-state index contributed by atoms with van der Waals surface area (Å²) >= 11 is 1.29. The molecule has 94 valence electrons. The summed E-state index contributed by atoms with van der Waals surface area (Å²) in [6, 6.07) is 0. The van der Waals surface area contributed by atoms with Gasteiger partial charge < -0.3 is 4.74 Å². The van der Waals surface area contributed by atoms with E-state index in [-0.39, 0.29) is 6.61 Å². The molecule has 0 N–H and O–H groups in total. The molecular weight excluding hydrogens is 237 g/mol. The van der Waals surface area contributed by atoms with E-state index >= 15 is 0 Å². The third kappa shape index (κ3) is 2.67. The summed E-state index contributed by atoms with van der Waals surface area (Å²) in [5, 5.41) is 0. The van der Waals surface area contributed by atoms with Crippen LogP contribution in [-0.2, 0) is 4.74 Å². The van der Waals surface area contributed by atoms with E-state index in [0.717, 1.165) is 0 Å². The minimum atomic E-state index is -4.37. The molecular formula is C11H17F3OS. The zero-order chi connectivity index (χ0) is 12.4. The molecule has 1 aliphatic heterocycles. The monoisotopic (exact) mass is 254 g/mol. The van der Waals surface area contributed by atoms with Crippen LogP contribution in [0.1, 0.15) is 33.6 Å². The molecule has 0 aromatic rings. The Labute approximate surface area is 98.4 Å². The number of alkyl halides is 3. The van der Waals surface area contributed by atoms with Gasteiger partial charge in [-0.1, -0.05) is 20.8 Å². The average molecular weight is 254 g/mol. The molecule has 0 aromatic heterocycles. The standard InChI is InChI=1S/C11H17F3OS/c1-4-10(3,5-2)9-8(11(12,13)14)15-6-7-16-9/h4-7H2,1-3H3. The van der Waals surface area contributed by atoms with Crippen LogP contribution >= 0.6 is 11.8 Å². The SMILES string of the molecule is CCC(C)(CC)C1=C(C(F)(F)F)OCCS1. The minimum absolute atomic E-state index is 0.145. The molecule has 1 aliphatic rings. The van der Waals surface area contributed by atoms with Gasteiger partial charge in [0.25, 0.3) is 0 Å². The van der Waals surface area contributed by atoms with Crippen molar-refractivity contribution in [2.75, 3.05) is 12.4 Å². The van der Waals surface area contributed by atoms with Crippen LogP contribution in [0.4, 0.5) is 13.2 Å². The maximum atomic E-state index is 12.8. The molecule has 0 saturated carbocycles. The van der Waals surface area contributed by atoms with E-state index in [4.69, 9.17) is 4.74 Å². The van der Waals surface area contributed by atoms with E-state index in [1.54, 1.807) is 0 Å². The van der Waals surface area contributed by atoms with Gasteiger partial charge in [0.2, 0.25) is 5.76 Å². The normalized spacial score (nSPS) is 18.6. The van der Waals surface area contributed by atoms with Gasteiger partial charge in [-0.25, -0.2) is 0 Å². The average Bonchev–Trinajstić information content (AvgIpc) is 2.27. The molecule has 0 unspecified atom stereocenters. The van der Waals surface area contributed by atoms with Gasteiger partial charge in [-0.2, -0.15) is 13.2 Å². The molecule has 1 rings (SSSR count). The molecule has 0 radical (unpaired) electrons. The summed E-state index contributed by atoms with van der Waals surface area (Å²) in [5.41, 5.74) is -0.421. The van der Waals surface area contributed by atoms with Gasteiger partial charge in [-0.3, -0.25) is 0 Å². The van der Waals surface area contributed by atoms with Crippen LogP contribution < -0.4 is 0 Å². The summed E-state index contributed by atoms with van der Waals surface area (Å²) in [6.45, 7) is 5.85. The largest absolute Gasteiger partial charge is 0.487 e. The van der Waals surface area contributed by atoms with Crippen molar-refractivity contribution in [2.45, 2.75) is 39.8 Å². The fourth-order valence-corrected chi connectivity index (χ4v) is 2.96. The van der Waals surface area contributed by atoms with Gasteiger partial charge in [0.05, 0.1) is 6.61 Å². The molecule has 1 heterocycles. The van der Waals surface area contributed by atoms with Gasteiger partial charge in [0.15, 0.2) is 0 Å². The van der Waals surface area contributed by atoms with Gasteiger partial charge in [-0.05, 0) is 12.8 Å². The number of thioether (sulfide) groups is 1. The second-order valence-corrected chi connectivity index (χ2v) is 5.23. The van der Waals surface area contributed by atoms with Crippen LogP contribution in [-0.4, -0.2) is 18.5 Å². The van der Waals surface area contributed by atoms with Crippen LogP contribution in [0.3, 0.4) is 0 Å². The second-order valence-electron chi connectivity index (χ2n) is 4.12. The first-order valence-electron chi connectivity index (χ1n) is 5.42. The number of hydrogen-bond acceptors (Lipinski definition) is 2. The Morgan fingerprint density at radius 3 is 2.25 bits per heavy atom. The summed E-state index contributed by atoms with van der Waals surface area (Å²) in [7, 11) is 0. The van der Waals surface area contributed by atoms with Crippen molar-refractivity contribution in [2.24, 2.45) is 5.41 Å². The lowest BCUT2D eigenvalue weighted by Crippen LogP contribution is -2.28. The quantitative estimate of drug-likeness (QED) is 0.740. The lowest BCUT2D eigenvalue weighted by molar-refractivity contribution is -0.132. The molecule has 0 saturated heterocycles. The van der Waals surface area contributed by atoms with Gasteiger partial charge in [0, 0.05) is 16.1 Å². The molecule has 1 nitrogen and oxygen atoms in total. The Balaban J connectivity index is 3.17. The van der Waals surface area contributed by atoms with E-state index in [0.29, 0.717) is 23.5 Å². The summed E-state index contributed by atoms with van der Waals surface area (Å²) in [4.78, 5) is 0.372. The third-order valence-electron chi connectivity index (χ3n) is 3.15. The van der Waals surface area contributed by atoms with E-state index in [2.05, 4.69) is 0 Å². The van der Waals surface area contributed by atoms with Crippen LogP contribution in [0, 0.1) is 5.41 Å². The Morgan fingerprint density at radius 2 is 1.81 bits per heavy atom. The van der Waals surface area contributed by atoms with E-state index < -0.39 is 17.4 Å². The van der Waals surface area contributed by atoms with Crippen molar-refractivity contribution in [1.82, 2.24) is 0 Å². The van der Waals surface area contributed by atoms with Crippen LogP contribution in [0.15, 0.2) is 10.7 Å². The molecule has 0 atom stereocenters. The Kier molecular flexibility index (Phi) is 4.21. The third-order valence-corrected chi connectivity index (χ3v) is 4.49. The fourth-order valence-electron chi connectivity index (χ4n) is 1.65. The number of hydrogen-bond donors (Lipinski definition) is 0. The molecule has 16 heavy (non-hydrogen) atoms. The van der Waals surface area contributed by atoms with Crippen molar-refractivity contribution in [1.29, 1.82) is 0 Å². The van der Waals surface area contributed by atoms with Crippen molar-refractivity contribution in [3.8, 4) is 0 Å². The first-order valence-corrected chi connectivity index (χ1v) is 6.41. The number of allylic oxidation sites excluding steroid dienone is 2. The zero-order valence-corrected chi connectivity index (χ0v) is 10.6. The first-order chi connectivity index (χ1) is 7.35. The van der Waals surface area contributed by atoms with Crippen LogP contribution in [0.25, 0.3) is 0 Å². The van der Waals surface area contributed by atoms with Gasteiger partial charge in [0.1, 0.15) is 0 Å². The molecule has 0 aliphatic carbocycles. The Morgan fingerprint density at radius 1 is 1.25 bits per heavy atom. The molecule has 0 amide bonds. The number of rotatable bonds is 3. The van der Waals surface area contributed by atoms with Crippen molar-refractivity contribution in [3.05, 3.63) is 10.7 Å². The Bertz CT molecular complexity index is 279. The highest BCUT2D eigenvalue weighted by Crippen LogP contribution is 2.48. The highest BCUT2D eigenvalue weighted by molar-refractivity contribution is 8.03.